The molecule has 0 atom stereocenters. The second-order valence-electron chi connectivity index (χ2n) is 3.91. The van der Waals surface area contributed by atoms with Crippen LogP contribution in [0.1, 0.15) is 5.56 Å². The molecule has 5 heteroatoms. The van der Waals surface area contributed by atoms with Crippen molar-refractivity contribution in [1.29, 1.82) is 5.26 Å². The van der Waals surface area contributed by atoms with Gasteiger partial charge in [0.25, 0.3) is 0 Å². The van der Waals surface area contributed by atoms with Gasteiger partial charge in [0.2, 0.25) is 0 Å². The number of amidine groups is 1. The molecule has 0 bridgehead atoms. The summed E-state index contributed by atoms with van der Waals surface area (Å²) in [6.45, 7) is 0. The lowest BCUT2D eigenvalue weighted by Crippen LogP contribution is -2.21. The molecule has 19 heavy (non-hydrogen) atoms. The van der Waals surface area contributed by atoms with Crippen molar-refractivity contribution in [1.82, 2.24) is 4.90 Å². The zero-order chi connectivity index (χ0) is 13.2. The van der Waals surface area contributed by atoms with Crippen LogP contribution in [0, 0.1) is 11.3 Å². The number of fused-ring (bicyclic) bond motifs is 1. The lowest BCUT2D eigenvalue weighted by Gasteiger charge is -2.22. The van der Waals surface area contributed by atoms with Gasteiger partial charge in [0.15, 0.2) is 5.17 Å². The van der Waals surface area contributed by atoms with E-state index in [4.69, 9.17) is 16.9 Å². The number of rotatable bonds is 1. The number of halogens is 1. The molecule has 0 unspecified atom stereocenters. The van der Waals surface area contributed by atoms with Crippen molar-refractivity contribution in [2.75, 3.05) is 0 Å². The van der Waals surface area contributed by atoms with E-state index in [0.29, 0.717) is 5.02 Å². The van der Waals surface area contributed by atoms with Gasteiger partial charge in [-0.2, -0.15) is 5.26 Å². The Hall–Kier alpha value is -1.96. The van der Waals surface area contributed by atoms with Gasteiger partial charge in [-0.3, -0.25) is 4.90 Å². The molecule has 1 aromatic carbocycles. The number of aliphatic imine (C=N–C) groups is 1. The first-order valence-corrected chi connectivity index (χ1v) is 6.82. The molecule has 2 aliphatic heterocycles. The van der Waals surface area contributed by atoms with Crippen molar-refractivity contribution in [2.24, 2.45) is 4.99 Å². The van der Waals surface area contributed by atoms with Gasteiger partial charge in [-0.1, -0.05) is 35.5 Å². The minimum Gasteiger partial charge on any atom is -0.295 e. The Morgan fingerprint density at radius 3 is 3.11 bits per heavy atom. The highest BCUT2D eigenvalue weighted by Gasteiger charge is 2.22. The van der Waals surface area contributed by atoms with Crippen LogP contribution in [0.2, 0.25) is 5.02 Å². The van der Waals surface area contributed by atoms with Crippen LogP contribution in [0.25, 0.3) is 5.70 Å². The first-order chi connectivity index (χ1) is 9.28. The Morgan fingerprint density at radius 2 is 2.32 bits per heavy atom. The number of nitriles is 1. The van der Waals surface area contributed by atoms with Gasteiger partial charge in [-0.15, -0.1) is 0 Å². The van der Waals surface area contributed by atoms with Crippen LogP contribution in [0.4, 0.5) is 0 Å². The molecule has 0 radical (unpaired) electrons. The highest BCUT2D eigenvalue weighted by atomic mass is 35.5. The fourth-order valence-electron chi connectivity index (χ4n) is 1.87. The van der Waals surface area contributed by atoms with Crippen molar-refractivity contribution < 1.29 is 0 Å². The van der Waals surface area contributed by atoms with E-state index in [0.717, 1.165) is 22.1 Å². The lowest BCUT2D eigenvalue weighted by atomic mass is 10.1. The van der Waals surface area contributed by atoms with Crippen molar-refractivity contribution >= 4 is 34.2 Å². The zero-order valence-corrected chi connectivity index (χ0v) is 11.3. The van der Waals surface area contributed by atoms with Gasteiger partial charge in [-0.25, -0.2) is 4.99 Å². The summed E-state index contributed by atoms with van der Waals surface area (Å²) < 4.78 is 0. The molecule has 0 aromatic heterocycles. The molecule has 0 saturated carbocycles. The van der Waals surface area contributed by atoms with Crippen molar-refractivity contribution in [3.63, 3.8) is 0 Å². The number of thioether (sulfide) groups is 1. The monoisotopic (exact) mass is 285 g/mol. The third-order valence-electron chi connectivity index (χ3n) is 2.70. The van der Waals surface area contributed by atoms with Gasteiger partial charge in [0, 0.05) is 22.9 Å². The lowest BCUT2D eigenvalue weighted by molar-refractivity contribution is 0.729. The van der Waals surface area contributed by atoms with Crippen LogP contribution in [0.15, 0.2) is 58.7 Å². The van der Waals surface area contributed by atoms with Gasteiger partial charge in [0.05, 0.1) is 17.5 Å². The molecule has 2 heterocycles. The smallest absolute Gasteiger partial charge is 0.177 e. The molecule has 0 saturated heterocycles. The number of hydrogen-bond donors (Lipinski definition) is 0. The van der Waals surface area contributed by atoms with Crippen LogP contribution in [0.5, 0.6) is 0 Å². The molecule has 1 aromatic rings. The molecule has 0 spiro atoms. The fraction of sp³-hybridized carbons (Fsp3) is 0. The van der Waals surface area contributed by atoms with Crippen LogP contribution >= 0.6 is 23.4 Å². The average molecular weight is 286 g/mol. The summed E-state index contributed by atoms with van der Waals surface area (Å²) >= 11 is 7.53. The second kappa shape index (κ2) is 4.96. The molecule has 2 aliphatic rings. The second-order valence-corrected chi connectivity index (χ2v) is 5.22. The van der Waals surface area contributed by atoms with Crippen molar-refractivity contribution in [2.45, 2.75) is 0 Å². The fourth-order valence-corrected chi connectivity index (χ4v) is 2.79. The standard InChI is InChI=1S/C14H8ClN3S/c15-11-3-1-2-10(8-11)13-9-12(4-5-16)18-6-7-19-14(18)17-13/h1-4,6-9H/b12-4+. The Kier molecular flexibility index (Phi) is 3.16. The Labute approximate surface area is 120 Å². The maximum atomic E-state index is 8.87. The minimum absolute atomic E-state index is 0.670. The number of benzene rings is 1. The topological polar surface area (TPSA) is 39.4 Å². The SMILES string of the molecule is N#C/C=C1\C=C(c2cccc(Cl)c2)N=C2SC=CN21. The molecular weight excluding hydrogens is 278 g/mol. The molecule has 0 amide bonds. The first-order valence-electron chi connectivity index (χ1n) is 5.56. The molecule has 3 nitrogen and oxygen atoms in total. The van der Waals surface area contributed by atoms with Crippen molar-refractivity contribution in [3.8, 4) is 6.07 Å². The third kappa shape index (κ3) is 2.30. The summed E-state index contributed by atoms with van der Waals surface area (Å²) in [5.41, 5.74) is 2.56. The number of nitrogens with zero attached hydrogens (tertiary/aromatic N) is 3. The third-order valence-corrected chi connectivity index (χ3v) is 3.69. The van der Waals surface area contributed by atoms with E-state index in [-0.39, 0.29) is 0 Å². The van der Waals surface area contributed by atoms with Crippen molar-refractivity contribution in [3.05, 3.63) is 64.3 Å². The van der Waals surface area contributed by atoms with Gasteiger partial charge in [0.1, 0.15) is 0 Å². The van der Waals surface area contributed by atoms with Crippen LogP contribution in [-0.2, 0) is 0 Å². The maximum Gasteiger partial charge on any atom is 0.177 e. The van der Waals surface area contributed by atoms with E-state index in [1.165, 1.54) is 17.8 Å². The minimum atomic E-state index is 0.670. The highest BCUT2D eigenvalue weighted by Crippen LogP contribution is 2.33. The average Bonchev–Trinajstić information content (AvgIpc) is 2.87. The summed E-state index contributed by atoms with van der Waals surface area (Å²) in [6, 6.07) is 9.59. The predicted octanol–water partition coefficient (Wildman–Crippen LogP) is 3.98. The normalized spacial score (nSPS) is 18.9. The van der Waals surface area contributed by atoms with Gasteiger partial charge in [-0.05, 0) is 23.6 Å². The Bertz CT molecular complexity index is 695. The van der Waals surface area contributed by atoms with E-state index in [1.807, 2.05) is 46.8 Å². The molecule has 0 aliphatic carbocycles. The van der Waals surface area contributed by atoms with E-state index in [2.05, 4.69) is 11.1 Å². The Morgan fingerprint density at radius 1 is 1.42 bits per heavy atom. The first kappa shape index (κ1) is 12.1. The van der Waals surface area contributed by atoms with E-state index >= 15 is 0 Å². The summed E-state index contributed by atoms with van der Waals surface area (Å²) in [7, 11) is 0. The van der Waals surface area contributed by atoms with Gasteiger partial charge >= 0.3 is 0 Å². The predicted molar refractivity (Wildman–Crippen MR) is 79.1 cm³/mol. The molecular formula is C14H8ClN3S. The van der Waals surface area contributed by atoms with Crippen LogP contribution in [-0.4, -0.2) is 10.1 Å². The van der Waals surface area contributed by atoms with Crippen LogP contribution < -0.4 is 0 Å². The molecule has 92 valence electrons. The molecule has 3 rings (SSSR count). The summed E-state index contributed by atoms with van der Waals surface area (Å²) in [5.74, 6) is 0. The van der Waals surface area contributed by atoms with E-state index in [9.17, 15) is 0 Å². The summed E-state index contributed by atoms with van der Waals surface area (Å²) in [4.78, 5) is 6.47. The number of allylic oxidation sites excluding steroid dienone is 2. The maximum absolute atomic E-state index is 8.87. The van der Waals surface area contributed by atoms with Gasteiger partial charge < -0.3 is 0 Å². The zero-order valence-electron chi connectivity index (χ0n) is 9.75. The molecule has 0 N–H and O–H groups in total. The largest absolute Gasteiger partial charge is 0.295 e. The van der Waals surface area contributed by atoms with E-state index in [1.54, 1.807) is 0 Å². The number of hydrogen-bond acceptors (Lipinski definition) is 4. The van der Waals surface area contributed by atoms with E-state index < -0.39 is 0 Å². The Balaban J connectivity index is 2.08. The quantitative estimate of drug-likeness (QED) is 0.733. The van der Waals surface area contributed by atoms with Crippen LogP contribution in [0.3, 0.4) is 0 Å². The summed E-state index contributed by atoms with van der Waals surface area (Å²) in [5, 5.41) is 12.3. The highest BCUT2D eigenvalue weighted by molar-refractivity contribution is 8.16. The summed E-state index contributed by atoms with van der Waals surface area (Å²) in [6.07, 6.45) is 5.29. The molecule has 0 fully saturated rings.